The Balaban J connectivity index is 2.22. The number of aromatic nitrogens is 2. The molecule has 1 heterocycles. The van der Waals surface area contributed by atoms with E-state index >= 15 is 0 Å². The van der Waals surface area contributed by atoms with E-state index in [1.54, 1.807) is 7.05 Å². The predicted octanol–water partition coefficient (Wildman–Crippen LogP) is 2.39. The normalized spacial score (nSPS) is 12.9. The van der Waals surface area contributed by atoms with Crippen molar-refractivity contribution in [2.24, 2.45) is 19.5 Å². The summed E-state index contributed by atoms with van der Waals surface area (Å²) in [5.74, 6) is -0.288. The van der Waals surface area contributed by atoms with Crippen molar-refractivity contribution in [1.29, 1.82) is 0 Å². The third-order valence-electron chi connectivity index (χ3n) is 4.22. The quantitative estimate of drug-likeness (QED) is 0.823. The van der Waals surface area contributed by atoms with Gasteiger partial charge in [0.25, 0.3) is 5.56 Å². The topological polar surface area (TPSA) is 73.1 Å². The first-order valence-corrected chi connectivity index (χ1v) is 8.89. The lowest BCUT2D eigenvalue weighted by Gasteiger charge is -2.27. The van der Waals surface area contributed by atoms with Crippen molar-refractivity contribution in [2.75, 3.05) is 0 Å². The molecule has 0 aliphatic carbocycles. The maximum Gasteiger partial charge on any atom is 0.330 e. The number of carbonyl (C=O) groups excluding carboxylic acids is 1. The smallest absolute Gasteiger partial charge is 0.330 e. The van der Waals surface area contributed by atoms with Crippen molar-refractivity contribution in [2.45, 2.75) is 33.2 Å². The van der Waals surface area contributed by atoms with Crippen LogP contribution in [0.3, 0.4) is 0 Å². The predicted molar refractivity (Wildman–Crippen MR) is 107 cm³/mol. The Morgan fingerprint density at radius 1 is 1.15 bits per heavy atom. The highest BCUT2D eigenvalue weighted by Gasteiger charge is 2.21. The Bertz CT molecular complexity index is 947. The standard InChI is InChI=1S/C21H27N3O3/c1-21(2,3)13-17(15-9-7-6-8-10-15)22-18(25)12-11-16-14-23(4)20(27)24(5)19(16)26/h6-12,14,17H,13H2,1-5H3,(H,22,25)/b12-11+. The van der Waals surface area contributed by atoms with Crippen LogP contribution in [0.25, 0.3) is 6.08 Å². The zero-order valence-electron chi connectivity index (χ0n) is 16.5. The maximum absolute atomic E-state index is 12.5. The third kappa shape index (κ3) is 5.54. The fraction of sp³-hybridized carbons (Fsp3) is 0.381. The summed E-state index contributed by atoms with van der Waals surface area (Å²) in [5, 5.41) is 3.02. The molecule has 0 saturated carbocycles. The van der Waals surface area contributed by atoms with Crippen LogP contribution in [0.15, 0.2) is 52.2 Å². The van der Waals surface area contributed by atoms with E-state index in [1.165, 1.54) is 30.0 Å². The number of nitrogens with one attached hydrogen (secondary N) is 1. The fourth-order valence-corrected chi connectivity index (χ4v) is 2.89. The van der Waals surface area contributed by atoms with E-state index in [1.807, 2.05) is 30.3 Å². The van der Waals surface area contributed by atoms with Crippen LogP contribution in [0.5, 0.6) is 0 Å². The largest absolute Gasteiger partial charge is 0.346 e. The van der Waals surface area contributed by atoms with Gasteiger partial charge in [-0.2, -0.15) is 0 Å². The summed E-state index contributed by atoms with van der Waals surface area (Å²) in [7, 11) is 2.98. The molecule has 0 bridgehead atoms. The summed E-state index contributed by atoms with van der Waals surface area (Å²) in [4.78, 5) is 36.3. The second kappa shape index (κ2) is 8.20. The van der Waals surface area contributed by atoms with Gasteiger partial charge in [-0.15, -0.1) is 0 Å². The summed E-state index contributed by atoms with van der Waals surface area (Å²) < 4.78 is 2.33. The first-order valence-electron chi connectivity index (χ1n) is 8.89. The van der Waals surface area contributed by atoms with Gasteiger partial charge < -0.3 is 9.88 Å². The number of hydrogen-bond donors (Lipinski definition) is 1. The highest BCUT2D eigenvalue weighted by molar-refractivity contribution is 5.91. The van der Waals surface area contributed by atoms with Crippen molar-refractivity contribution in [3.63, 3.8) is 0 Å². The highest BCUT2D eigenvalue weighted by atomic mass is 16.2. The number of rotatable bonds is 5. The monoisotopic (exact) mass is 369 g/mol. The van der Waals surface area contributed by atoms with Gasteiger partial charge in [-0.1, -0.05) is 51.1 Å². The van der Waals surface area contributed by atoms with Crippen molar-refractivity contribution in [3.05, 3.63) is 74.6 Å². The molecule has 0 radical (unpaired) electrons. The van der Waals surface area contributed by atoms with Crippen molar-refractivity contribution >= 4 is 12.0 Å². The molecule has 0 fully saturated rings. The molecular weight excluding hydrogens is 342 g/mol. The van der Waals surface area contributed by atoms with E-state index in [0.717, 1.165) is 16.6 Å². The van der Waals surface area contributed by atoms with Gasteiger partial charge in [0.05, 0.1) is 11.6 Å². The molecule has 1 amide bonds. The van der Waals surface area contributed by atoms with E-state index in [-0.39, 0.29) is 22.9 Å². The summed E-state index contributed by atoms with van der Waals surface area (Å²) in [5.41, 5.74) is 0.506. The second-order valence-corrected chi connectivity index (χ2v) is 7.91. The summed E-state index contributed by atoms with van der Waals surface area (Å²) in [6.45, 7) is 6.37. The molecule has 0 spiro atoms. The zero-order chi connectivity index (χ0) is 20.2. The summed E-state index contributed by atoms with van der Waals surface area (Å²) in [6.07, 6.45) is 4.98. The lowest BCUT2D eigenvalue weighted by Crippen LogP contribution is -2.37. The van der Waals surface area contributed by atoms with Gasteiger partial charge in [-0.05, 0) is 23.5 Å². The lowest BCUT2D eigenvalue weighted by atomic mass is 9.85. The zero-order valence-corrected chi connectivity index (χ0v) is 16.5. The minimum Gasteiger partial charge on any atom is -0.346 e. The van der Waals surface area contributed by atoms with Crippen LogP contribution in [0.1, 0.15) is 44.4 Å². The van der Waals surface area contributed by atoms with Crippen molar-refractivity contribution in [1.82, 2.24) is 14.5 Å². The molecule has 2 aromatic rings. The summed E-state index contributed by atoms with van der Waals surface area (Å²) in [6, 6.07) is 9.68. The molecular formula is C21H27N3O3. The van der Waals surface area contributed by atoms with E-state index in [2.05, 4.69) is 26.1 Å². The summed E-state index contributed by atoms with van der Waals surface area (Å²) >= 11 is 0. The molecule has 0 aliphatic rings. The fourth-order valence-electron chi connectivity index (χ4n) is 2.89. The number of amides is 1. The highest BCUT2D eigenvalue weighted by Crippen LogP contribution is 2.29. The van der Waals surface area contributed by atoms with Gasteiger partial charge in [-0.25, -0.2) is 4.79 Å². The number of hydrogen-bond acceptors (Lipinski definition) is 3. The van der Waals surface area contributed by atoms with E-state index in [0.29, 0.717) is 0 Å². The van der Waals surface area contributed by atoms with Gasteiger partial charge >= 0.3 is 5.69 Å². The average Bonchev–Trinajstić information content (AvgIpc) is 2.61. The van der Waals surface area contributed by atoms with Crippen molar-refractivity contribution in [3.8, 4) is 0 Å². The number of benzene rings is 1. The van der Waals surface area contributed by atoms with E-state index in [9.17, 15) is 14.4 Å². The molecule has 144 valence electrons. The Labute approximate surface area is 159 Å². The Kier molecular flexibility index (Phi) is 6.20. The van der Waals surface area contributed by atoms with Gasteiger partial charge in [0.1, 0.15) is 0 Å². The van der Waals surface area contributed by atoms with Crippen LogP contribution in [-0.2, 0) is 18.9 Å². The molecule has 6 heteroatoms. The molecule has 1 aromatic carbocycles. The van der Waals surface area contributed by atoms with Crippen LogP contribution in [0.2, 0.25) is 0 Å². The first kappa shape index (κ1) is 20.4. The Hall–Kier alpha value is -2.89. The number of aryl methyl sites for hydroxylation is 1. The SMILES string of the molecule is Cn1cc(/C=C/C(=O)NC(CC(C)(C)C)c2ccccc2)c(=O)n(C)c1=O. The van der Waals surface area contributed by atoms with Gasteiger partial charge in [-0.3, -0.25) is 14.2 Å². The minimum absolute atomic E-state index is 0.0329. The van der Waals surface area contributed by atoms with Crippen LogP contribution in [0.4, 0.5) is 0 Å². The van der Waals surface area contributed by atoms with Crippen LogP contribution < -0.4 is 16.6 Å². The molecule has 6 nitrogen and oxygen atoms in total. The molecule has 27 heavy (non-hydrogen) atoms. The molecule has 1 aromatic heterocycles. The molecule has 1 atom stereocenters. The van der Waals surface area contributed by atoms with Crippen LogP contribution in [-0.4, -0.2) is 15.0 Å². The number of carbonyl (C=O) groups is 1. The average molecular weight is 369 g/mol. The van der Waals surface area contributed by atoms with Gasteiger partial charge in [0.2, 0.25) is 5.91 Å². The van der Waals surface area contributed by atoms with Crippen LogP contribution in [0, 0.1) is 5.41 Å². The van der Waals surface area contributed by atoms with E-state index < -0.39 is 11.2 Å². The lowest BCUT2D eigenvalue weighted by molar-refractivity contribution is -0.117. The molecule has 1 unspecified atom stereocenters. The number of nitrogens with zero attached hydrogens (tertiary/aromatic N) is 2. The van der Waals surface area contributed by atoms with E-state index in [4.69, 9.17) is 0 Å². The van der Waals surface area contributed by atoms with Crippen molar-refractivity contribution < 1.29 is 4.79 Å². The van der Waals surface area contributed by atoms with Crippen LogP contribution >= 0.6 is 0 Å². The third-order valence-corrected chi connectivity index (χ3v) is 4.22. The maximum atomic E-state index is 12.5. The Morgan fingerprint density at radius 3 is 2.37 bits per heavy atom. The Morgan fingerprint density at radius 2 is 1.78 bits per heavy atom. The first-order chi connectivity index (χ1) is 12.6. The minimum atomic E-state index is -0.434. The molecule has 1 N–H and O–H groups in total. The second-order valence-electron chi connectivity index (χ2n) is 7.91. The van der Waals surface area contributed by atoms with Gasteiger partial charge in [0.15, 0.2) is 0 Å². The molecule has 0 saturated heterocycles. The van der Waals surface area contributed by atoms with Gasteiger partial charge in [0, 0.05) is 26.4 Å². The molecule has 2 rings (SSSR count). The molecule has 0 aliphatic heterocycles.